The van der Waals surface area contributed by atoms with E-state index in [1.54, 1.807) is 0 Å². The van der Waals surface area contributed by atoms with E-state index in [-0.39, 0.29) is 10.8 Å². The maximum absolute atomic E-state index is 4.85. The monoisotopic (exact) mass is 314 g/mol. The molecule has 120 valence electrons. The van der Waals surface area contributed by atoms with Gasteiger partial charge in [-0.25, -0.2) is 4.98 Å². The van der Waals surface area contributed by atoms with Crippen molar-refractivity contribution in [2.45, 2.75) is 45.4 Å². The van der Waals surface area contributed by atoms with Gasteiger partial charge in [-0.15, -0.1) is 0 Å². The van der Waals surface area contributed by atoms with Crippen LogP contribution < -0.4 is 0 Å². The van der Waals surface area contributed by atoms with Gasteiger partial charge >= 0.3 is 0 Å². The zero-order chi connectivity index (χ0) is 16.9. The Labute approximate surface area is 142 Å². The van der Waals surface area contributed by atoms with Crippen molar-refractivity contribution in [3.8, 4) is 0 Å². The third-order valence-electron chi connectivity index (χ3n) is 6.69. The number of fused-ring (bicyclic) bond motifs is 3. The van der Waals surface area contributed by atoms with E-state index in [0.29, 0.717) is 0 Å². The van der Waals surface area contributed by atoms with E-state index in [2.05, 4.69) is 81.6 Å². The Hall–Kier alpha value is -2.35. The summed E-state index contributed by atoms with van der Waals surface area (Å²) in [6.07, 6.45) is 2.09. The van der Waals surface area contributed by atoms with Crippen LogP contribution in [-0.2, 0) is 10.8 Å². The van der Waals surface area contributed by atoms with Crippen LogP contribution in [0.15, 0.2) is 42.6 Å². The molecule has 0 spiro atoms. The molecule has 0 bridgehead atoms. The topological polar surface area (TPSA) is 17.3 Å². The van der Waals surface area contributed by atoms with Crippen LogP contribution in [-0.4, -0.2) is 9.38 Å². The highest BCUT2D eigenvalue weighted by Gasteiger charge is 2.46. The summed E-state index contributed by atoms with van der Waals surface area (Å²) < 4.78 is 2.42. The van der Waals surface area contributed by atoms with Crippen molar-refractivity contribution in [2.24, 2.45) is 0 Å². The number of aromatic nitrogens is 2. The second-order valence-corrected chi connectivity index (χ2v) is 8.25. The van der Waals surface area contributed by atoms with Gasteiger partial charge in [0, 0.05) is 33.5 Å². The van der Waals surface area contributed by atoms with Crippen LogP contribution in [0.3, 0.4) is 0 Å². The summed E-state index contributed by atoms with van der Waals surface area (Å²) in [6, 6.07) is 13.3. The van der Waals surface area contributed by atoms with Gasteiger partial charge in [0.2, 0.25) is 0 Å². The van der Waals surface area contributed by atoms with E-state index in [4.69, 9.17) is 4.98 Å². The summed E-state index contributed by atoms with van der Waals surface area (Å²) >= 11 is 0. The quantitative estimate of drug-likeness (QED) is 0.391. The van der Waals surface area contributed by atoms with Gasteiger partial charge in [-0.3, -0.25) is 4.40 Å². The molecule has 5 rings (SSSR count). The van der Waals surface area contributed by atoms with E-state index in [1.807, 2.05) is 0 Å². The zero-order valence-electron chi connectivity index (χ0n) is 14.9. The molecule has 3 heterocycles. The van der Waals surface area contributed by atoms with Crippen molar-refractivity contribution >= 4 is 27.3 Å². The molecule has 4 aromatic rings. The number of rotatable bonds is 0. The van der Waals surface area contributed by atoms with Gasteiger partial charge < -0.3 is 0 Å². The lowest BCUT2D eigenvalue weighted by Gasteiger charge is -2.46. The van der Waals surface area contributed by atoms with E-state index >= 15 is 0 Å². The maximum atomic E-state index is 4.85. The predicted molar refractivity (Wildman–Crippen MR) is 101 cm³/mol. The summed E-state index contributed by atoms with van der Waals surface area (Å²) in [5.74, 6) is 0. The highest BCUT2D eigenvalue weighted by Crippen LogP contribution is 2.51. The van der Waals surface area contributed by atoms with Gasteiger partial charge in [0.05, 0.1) is 5.52 Å². The van der Waals surface area contributed by atoms with Crippen molar-refractivity contribution in [3.63, 3.8) is 0 Å². The van der Waals surface area contributed by atoms with Crippen molar-refractivity contribution in [1.29, 1.82) is 0 Å². The molecule has 0 fully saturated rings. The van der Waals surface area contributed by atoms with E-state index in [0.717, 1.165) is 5.65 Å². The number of imidazole rings is 1. The molecule has 1 aliphatic heterocycles. The lowest BCUT2D eigenvalue weighted by molar-refractivity contribution is 0.288. The molecule has 0 radical (unpaired) electrons. The highest BCUT2D eigenvalue weighted by atomic mass is 15.0. The molecule has 2 heteroatoms. The Bertz CT molecular complexity index is 1160. The smallest absolute Gasteiger partial charge is 0.145 e. The van der Waals surface area contributed by atoms with E-state index in [1.165, 1.54) is 38.5 Å². The SMILES string of the molecule is Cc1ccc2c3c1c1ccccc1c1ncc(n13)C(C)(C)C2(C)C. The third-order valence-corrected chi connectivity index (χ3v) is 6.69. The lowest BCUT2D eigenvalue weighted by Crippen LogP contribution is -2.44. The van der Waals surface area contributed by atoms with Gasteiger partial charge in [-0.2, -0.15) is 0 Å². The third kappa shape index (κ3) is 1.33. The molecule has 1 aliphatic rings. The molecule has 0 saturated heterocycles. The second-order valence-electron chi connectivity index (χ2n) is 8.25. The molecule has 2 aromatic heterocycles. The van der Waals surface area contributed by atoms with Crippen molar-refractivity contribution in [1.82, 2.24) is 9.38 Å². The molecule has 0 N–H and O–H groups in total. The Balaban J connectivity index is 2.24. The standard InChI is InChI=1S/C22H22N2/c1-13-10-11-16-19-18(13)14-8-6-7-9-15(14)20-23-12-17(24(19)20)22(4,5)21(16,2)3/h6-12H,1-5H3. The van der Waals surface area contributed by atoms with Gasteiger partial charge in [-0.1, -0.05) is 64.1 Å². The van der Waals surface area contributed by atoms with E-state index in [9.17, 15) is 0 Å². The molecule has 2 aromatic carbocycles. The Morgan fingerprint density at radius 3 is 2.33 bits per heavy atom. The van der Waals surface area contributed by atoms with Crippen molar-refractivity contribution in [2.75, 3.05) is 0 Å². The fraction of sp³-hybridized carbons (Fsp3) is 0.318. The summed E-state index contributed by atoms with van der Waals surface area (Å²) in [5, 5.41) is 3.93. The molecule has 2 nitrogen and oxygen atoms in total. The average Bonchev–Trinajstić information content (AvgIpc) is 2.99. The van der Waals surface area contributed by atoms with Crippen LogP contribution in [0.5, 0.6) is 0 Å². The molecular formula is C22H22N2. The minimum atomic E-state index is 0.0179. The Morgan fingerprint density at radius 1 is 0.875 bits per heavy atom. The fourth-order valence-electron chi connectivity index (χ4n) is 4.53. The normalized spacial score (nSPS) is 18.0. The maximum Gasteiger partial charge on any atom is 0.145 e. The molecule has 0 unspecified atom stereocenters. The van der Waals surface area contributed by atoms with Crippen molar-refractivity contribution < 1.29 is 0 Å². The van der Waals surface area contributed by atoms with Crippen LogP contribution in [0.25, 0.3) is 27.3 Å². The summed E-state index contributed by atoms with van der Waals surface area (Å²) in [6.45, 7) is 11.7. The fourth-order valence-corrected chi connectivity index (χ4v) is 4.53. The van der Waals surface area contributed by atoms with Crippen LogP contribution >= 0.6 is 0 Å². The Kier molecular flexibility index (Phi) is 2.34. The minimum absolute atomic E-state index is 0.0179. The first-order chi connectivity index (χ1) is 11.4. The molecule has 0 aliphatic carbocycles. The number of hydrogen-bond donors (Lipinski definition) is 0. The number of aryl methyl sites for hydroxylation is 1. The summed E-state index contributed by atoms with van der Waals surface area (Å²) in [5.41, 5.74) is 6.57. The molecule has 0 saturated carbocycles. The van der Waals surface area contributed by atoms with Gasteiger partial charge in [0.15, 0.2) is 0 Å². The van der Waals surface area contributed by atoms with Crippen LogP contribution in [0, 0.1) is 6.92 Å². The van der Waals surface area contributed by atoms with Crippen molar-refractivity contribution in [3.05, 3.63) is 59.4 Å². The predicted octanol–water partition coefficient (Wildman–Crippen LogP) is 5.52. The minimum Gasteiger partial charge on any atom is -0.295 e. The lowest BCUT2D eigenvalue weighted by atomic mass is 9.60. The van der Waals surface area contributed by atoms with E-state index < -0.39 is 0 Å². The summed E-state index contributed by atoms with van der Waals surface area (Å²) in [7, 11) is 0. The van der Waals surface area contributed by atoms with Gasteiger partial charge in [-0.05, 0) is 23.4 Å². The second kappa shape index (κ2) is 4.00. The summed E-state index contributed by atoms with van der Waals surface area (Å²) in [4.78, 5) is 4.85. The first-order valence-corrected chi connectivity index (χ1v) is 8.68. The van der Waals surface area contributed by atoms with Gasteiger partial charge in [0.25, 0.3) is 0 Å². The number of hydrogen-bond acceptors (Lipinski definition) is 1. The number of benzene rings is 2. The van der Waals surface area contributed by atoms with Crippen LogP contribution in [0.1, 0.15) is 44.5 Å². The number of pyridine rings is 1. The highest BCUT2D eigenvalue weighted by molar-refractivity contribution is 6.14. The average molecular weight is 314 g/mol. The first-order valence-electron chi connectivity index (χ1n) is 8.68. The zero-order valence-corrected chi connectivity index (χ0v) is 14.9. The van der Waals surface area contributed by atoms with Crippen LogP contribution in [0.2, 0.25) is 0 Å². The van der Waals surface area contributed by atoms with Crippen LogP contribution in [0.4, 0.5) is 0 Å². The number of nitrogens with zero attached hydrogens (tertiary/aromatic N) is 2. The molecule has 0 atom stereocenters. The van der Waals surface area contributed by atoms with Gasteiger partial charge in [0.1, 0.15) is 5.65 Å². The molecule has 0 amide bonds. The molecular weight excluding hydrogens is 292 g/mol. The Morgan fingerprint density at radius 2 is 1.58 bits per heavy atom. The largest absolute Gasteiger partial charge is 0.295 e. The molecule has 24 heavy (non-hydrogen) atoms. The first kappa shape index (κ1) is 14.0.